The molecule has 1 heterocycles. The largest absolute Gasteiger partial charge is 0.389 e. The lowest BCUT2D eigenvalue weighted by atomic mass is 10.1. The summed E-state index contributed by atoms with van der Waals surface area (Å²) in [5, 5.41) is 14.3. The van der Waals surface area contributed by atoms with Crippen molar-refractivity contribution in [3.63, 3.8) is 0 Å². The highest BCUT2D eigenvalue weighted by atomic mass is 19.1. The van der Waals surface area contributed by atoms with Gasteiger partial charge in [-0.3, -0.25) is 0 Å². The van der Waals surface area contributed by atoms with Crippen LogP contribution >= 0.6 is 0 Å². The van der Waals surface area contributed by atoms with Gasteiger partial charge in [-0.1, -0.05) is 0 Å². The Balaban J connectivity index is 2.08. The highest BCUT2D eigenvalue weighted by molar-refractivity contribution is 5.45. The van der Waals surface area contributed by atoms with E-state index in [2.05, 4.69) is 5.10 Å². The lowest BCUT2D eigenvalue weighted by Gasteiger charge is -2.13. The van der Waals surface area contributed by atoms with Crippen LogP contribution in [0.2, 0.25) is 0 Å². The fourth-order valence-corrected chi connectivity index (χ4v) is 2.28. The van der Waals surface area contributed by atoms with Crippen LogP contribution in [0.1, 0.15) is 48.6 Å². The molecule has 100 valence electrons. The summed E-state index contributed by atoms with van der Waals surface area (Å²) < 4.78 is 15.4. The topological polar surface area (TPSA) is 38.0 Å². The molecule has 3 nitrogen and oxygen atoms in total. The quantitative estimate of drug-likeness (QED) is 0.920. The van der Waals surface area contributed by atoms with Crippen molar-refractivity contribution in [2.24, 2.45) is 0 Å². The Hall–Kier alpha value is -1.68. The van der Waals surface area contributed by atoms with Crippen LogP contribution in [-0.2, 0) is 0 Å². The molecule has 0 unspecified atom stereocenters. The molecule has 0 spiro atoms. The number of nitrogens with zero attached hydrogens (tertiary/aromatic N) is 2. The first-order valence-corrected chi connectivity index (χ1v) is 6.60. The van der Waals surface area contributed by atoms with Crippen LogP contribution in [0, 0.1) is 12.7 Å². The second kappa shape index (κ2) is 4.46. The number of aliphatic hydroxyl groups excluding tert-OH is 1. The average Bonchev–Trinajstić information content (AvgIpc) is 3.10. The molecule has 1 aromatic carbocycles. The first-order valence-electron chi connectivity index (χ1n) is 6.60. The number of hydrogen-bond donors (Lipinski definition) is 1. The van der Waals surface area contributed by atoms with E-state index in [9.17, 15) is 9.50 Å². The normalized spacial score (nSPS) is 16.6. The molecule has 1 N–H and O–H groups in total. The summed E-state index contributed by atoms with van der Waals surface area (Å²) in [6, 6.07) is 5.14. The summed E-state index contributed by atoms with van der Waals surface area (Å²) in [7, 11) is 0. The van der Waals surface area contributed by atoms with E-state index >= 15 is 0 Å². The average molecular weight is 260 g/mol. The zero-order valence-corrected chi connectivity index (χ0v) is 11.1. The molecule has 0 aliphatic heterocycles. The van der Waals surface area contributed by atoms with Crippen molar-refractivity contribution < 1.29 is 9.50 Å². The Kier molecular flexibility index (Phi) is 2.90. The van der Waals surface area contributed by atoms with Gasteiger partial charge in [0.15, 0.2) is 0 Å². The predicted molar refractivity (Wildman–Crippen MR) is 70.9 cm³/mol. The standard InChI is InChI=1S/C15H17FN2O/c1-9-7-15(12(10(2)19)8-13(9)16)18-6-5-14(17-18)11-3-4-11/h5-8,10-11,19H,3-4H2,1-2H3/t10-/m0/s1. The number of aliphatic hydroxyl groups is 1. The van der Waals surface area contributed by atoms with E-state index in [1.807, 2.05) is 12.3 Å². The molecule has 1 saturated carbocycles. The SMILES string of the molecule is Cc1cc(-n2ccc(C3CC3)n2)c([C@H](C)O)cc1F. The van der Waals surface area contributed by atoms with Gasteiger partial charge in [-0.15, -0.1) is 0 Å². The van der Waals surface area contributed by atoms with Gasteiger partial charge in [0.05, 0.1) is 17.5 Å². The lowest BCUT2D eigenvalue weighted by molar-refractivity contribution is 0.198. The molecule has 0 radical (unpaired) electrons. The lowest BCUT2D eigenvalue weighted by Crippen LogP contribution is -2.05. The monoisotopic (exact) mass is 260 g/mol. The van der Waals surface area contributed by atoms with Crippen molar-refractivity contribution in [3.8, 4) is 5.69 Å². The maximum atomic E-state index is 13.6. The molecule has 0 saturated heterocycles. The zero-order valence-electron chi connectivity index (χ0n) is 11.1. The first-order chi connectivity index (χ1) is 9.06. The highest BCUT2D eigenvalue weighted by Gasteiger charge is 2.26. The predicted octanol–water partition coefficient (Wildman–Crippen LogP) is 3.25. The summed E-state index contributed by atoms with van der Waals surface area (Å²) in [6.07, 6.45) is 3.55. The number of benzene rings is 1. The van der Waals surface area contributed by atoms with E-state index in [-0.39, 0.29) is 5.82 Å². The van der Waals surface area contributed by atoms with E-state index in [4.69, 9.17) is 0 Å². The zero-order chi connectivity index (χ0) is 13.6. The van der Waals surface area contributed by atoms with Crippen LogP contribution in [0.15, 0.2) is 24.4 Å². The summed E-state index contributed by atoms with van der Waals surface area (Å²) in [5.41, 5.74) is 2.95. The highest BCUT2D eigenvalue weighted by Crippen LogP contribution is 2.39. The first kappa shape index (κ1) is 12.4. The Morgan fingerprint density at radius 3 is 2.79 bits per heavy atom. The molecule has 1 aliphatic rings. The third kappa shape index (κ3) is 2.28. The van der Waals surface area contributed by atoms with Gasteiger partial charge in [-0.2, -0.15) is 5.10 Å². The maximum Gasteiger partial charge on any atom is 0.126 e. The third-order valence-electron chi connectivity index (χ3n) is 3.61. The van der Waals surface area contributed by atoms with Gasteiger partial charge in [0.1, 0.15) is 5.82 Å². The molecule has 2 aromatic rings. The second-order valence-corrected chi connectivity index (χ2v) is 5.30. The second-order valence-electron chi connectivity index (χ2n) is 5.30. The third-order valence-corrected chi connectivity index (χ3v) is 3.61. The van der Waals surface area contributed by atoms with Crippen molar-refractivity contribution in [2.45, 2.75) is 38.7 Å². The molecule has 1 atom stereocenters. The van der Waals surface area contributed by atoms with Crippen LogP contribution in [-0.4, -0.2) is 14.9 Å². The van der Waals surface area contributed by atoms with Crippen LogP contribution in [0.4, 0.5) is 4.39 Å². The Morgan fingerprint density at radius 2 is 2.16 bits per heavy atom. The molecular formula is C15H17FN2O. The molecule has 1 fully saturated rings. The van der Waals surface area contributed by atoms with Crippen LogP contribution in [0.5, 0.6) is 0 Å². The fourth-order valence-electron chi connectivity index (χ4n) is 2.28. The fraction of sp³-hybridized carbons (Fsp3) is 0.400. The minimum Gasteiger partial charge on any atom is -0.389 e. The Bertz CT molecular complexity index is 615. The van der Waals surface area contributed by atoms with Crippen molar-refractivity contribution in [1.29, 1.82) is 0 Å². The summed E-state index contributed by atoms with van der Waals surface area (Å²) in [6.45, 7) is 3.36. The van der Waals surface area contributed by atoms with E-state index in [1.165, 1.54) is 18.9 Å². The molecule has 1 aromatic heterocycles. The van der Waals surface area contributed by atoms with Gasteiger partial charge in [-0.05, 0) is 50.5 Å². The van der Waals surface area contributed by atoms with Crippen molar-refractivity contribution in [1.82, 2.24) is 9.78 Å². The molecule has 1 aliphatic carbocycles. The summed E-state index contributed by atoms with van der Waals surface area (Å²) in [4.78, 5) is 0. The summed E-state index contributed by atoms with van der Waals surface area (Å²) >= 11 is 0. The van der Waals surface area contributed by atoms with Gasteiger partial charge in [0.2, 0.25) is 0 Å². The Labute approximate surface area is 111 Å². The van der Waals surface area contributed by atoms with Gasteiger partial charge in [0, 0.05) is 17.7 Å². The number of hydrogen-bond acceptors (Lipinski definition) is 2. The minimum absolute atomic E-state index is 0.297. The van der Waals surface area contributed by atoms with Crippen LogP contribution < -0.4 is 0 Å². The van der Waals surface area contributed by atoms with Gasteiger partial charge < -0.3 is 5.11 Å². The van der Waals surface area contributed by atoms with E-state index in [0.29, 0.717) is 17.0 Å². The molecular weight excluding hydrogens is 243 g/mol. The Morgan fingerprint density at radius 1 is 1.42 bits per heavy atom. The van der Waals surface area contributed by atoms with Crippen molar-refractivity contribution in [2.75, 3.05) is 0 Å². The number of aromatic nitrogens is 2. The molecule has 0 bridgehead atoms. The van der Waals surface area contributed by atoms with Gasteiger partial charge in [0.25, 0.3) is 0 Å². The van der Waals surface area contributed by atoms with E-state index in [0.717, 1.165) is 11.4 Å². The van der Waals surface area contributed by atoms with Crippen molar-refractivity contribution in [3.05, 3.63) is 47.0 Å². The van der Waals surface area contributed by atoms with Crippen molar-refractivity contribution >= 4 is 0 Å². The van der Waals surface area contributed by atoms with Gasteiger partial charge >= 0.3 is 0 Å². The van der Waals surface area contributed by atoms with E-state index in [1.54, 1.807) is 24.6 Å². The molecule has 3 rings (SSSR count). The molecule has 4 heteroatoms. The number of rotatable bonds is 3. The van der Waals surface area contributed by atoms with Gasteiger partial charge in [-0.25, -0.2) is 9.07 Å². The molecule has 0 amide bonds. The molecule has 19 heavy (non-hydrogen) atoms. The summed E-state index contributed by atoms with van der Waals surface area (Å²) in [5.74, 6) is 0.284. The van der Waals surface area contributed by atoms with E-state index < -0.39 is 6.10 Å². The maximum absolute atomic E-state index is 13.6. The van der Waals surface area contributed by atoms with Crippen LogP contribution in [0.25, 0.3) is 5.69 Å². The van der Waals surface area contributed by atoms with Crippen LogP contribution in [0.3, 0.4) is 0 Å². The smallest absolute Gasteiger partial charge is 0.126 e. The number of aryl methyl sites for hydroxylation is 1. The minimum atomic E-state index is -0.723. The number of halogens is 1.